The quantitative estimate of drug-likeness (QED) is 0.441. The van der Waals surface area contributed by atoms with Gasteiger partial charge in [-0.2, -0.15) is 0 Å². The first-order chi connectivity index (χ1) is 17.2. The fraction of sp³-hybridized carbons (Fsp3) is 0.310. The van der Waals surface area contributed by atoms with Crippen molar-refractivity contribution < 1.29 is 14.1 Å². The molecule has 0 saturated carbocycles. The van der Waals surface area contributed by atoms with Gasteiger partial charge in [0.25, 0.3) is 5.91 Å². The Bertz CT molecular complexity index is 1180. The van der Waals surface area contributed by atoms with Crippen LogP contribution in [0.5, 0.6) is 0 Å². The van der Waals surface area contributed by atoms with Crippen LogP contribution in [0, 0.1) is 5.92 Å². The Balaban J connectivity index is 0.00000222. The molecule has 1 aromatic carbocycles. The first kappa shape index (κ1) is 28.2. The molecule has 0 fully saturated rings. The number of benzene rings is 1. The lowest BCUT2D eigenvalue weighted by Crippen LogP contribution is -2.17. The van der Waals surface area contributed by atoms with Gasteiger partial charge in [0.1, 0.15) is 11.5 Å². The minimum absolute atomic E-state index is 0.112. The Morgan fingerprint density at radius 1 is 1.08 bits per heavy atom. The molecule has 7 nitrogen and oxygen atoms in total. The van der Waals surface area contributed by atoms with Crippen molar-refractivity contribution in [2.45, 2.75) is 53.4 Å². The van der Waals surface area contributed by atoms with Crippen LogP contribution in [-0.4, -0.2) is 23.2 Å². The van der Waals surface area contributed by atoms with Gasteiger partial charge in [-0.15, -0.1) is 0 Å². The van der Waals surface area contributed by atoms with E-state index < -0.39 is 0 Å². The summed E-state index contributed by atoms with van der Waals surface area (Å²) in [6.07, 6.45) is 11.0. The molecule has 1 aliphatic rings. The first-order valence-electron chi connectivity index (χ1n) is 12.1. The molecular weight excluding hydrogens is 452 g/mol. The van der Waals surface area contributed by atoms with Crippen LogP contribution in [0.1, 0.15) is 53.0 Å². The average Bonchev–Trinajstić information content (AvgIpc) is 3.32. The lowest BCUT2D eigenvalue weighted by atomic mass is 9.93. The van der Waals surface area contributed by atoms with Gasteiger partial charge in [-0.1, -0.05) is 77.6 Å². The summed E-state index contributed by atoms with van der Waals surface area (Å²) in [5, 5.41) is 9.64. The normalized spacial score (nSPS) is 16.2. The van der Waals surface area contributed by atoms with Crippen molar-refractivity contribution in [3.63, 3.8) is 0 Å². The number of aromatic nitrogens is 1. The number of amides is 2. The van der Waals surface area contributed by atoms with Crippen molar-refractivity contribution in [1.29, 1.82) is 0 Å². The van der Waals surface area contributed by atoms with Gasteiger partial charge in [-0.25, -0.2) is 0 Å². The molecule has 2 N–H and O–H groups in total. The summed E-state index contributed by atoms with van der Waals surface area (Å²) >= 11 is 0. The highest BCUT2D eigenvalue weighted by atomic mass is 16.5. The summed E-state index contributed by atoms with van der Waals surface area (Å²) in [6, 6.07) is 8.70. The lowest BCUT2D eigenvalue weighted by Gasteiger charge is -2.14. The van der Waals surface area contributed by atoms with Gasteiger partial charge in [-0.05, 0) is 35.9 Å². The summed E-state index contributed by atoms with van der Waals surface area (Å²) in [5.74, 6) is 0.342. The van der Waals surface area contributed by atoms with Crippen LogP contribution in [0.15, 0.2) is 88.1 Å². The van der Waals surface area contributed by atoms with Crippen molar-refractivity contribution >= 4 is 29.4 Å². The van der Waals surface area contributed by atoms with Gasteiger partial charge in [0, 0.05) is 35.0 Å². The van der Waals surface area contributed by atoms with Crippen molar-refractivity contribution in [1.82, 2.24) is 5.16 Å². The average molecular weight is 489 g/mol. The van der Waals surface area contributed by atoms with E-state index in [2.05, 4.69) is 27.4 Å². The van der Waals surface area contributed by atoms with E-state index in [0.29, 0.717) is 22.8 Å². The number of carbonyl (C=O) groups is 2. The third-order valence-electron chi connectivity index (χ3n) is 5.10. The zero-order valence-corrected chi connectivity index (χ0v) is 22.0. The molecule has 0 saturated heterocycles. The Labute approximate surface area is 213 Å². The third kappa shape index (κ3) is 8.34. The molecule has 1 unspecified atom stereocenters. The molecule has 2 aromatic rings. The number of nitrogens with one attached hydrogen (secondary N) is 2. The molecule has 36 heavy (non-hydrogen) atoms. The molecule has 0 aliphatic carbocycles. The molecular formula is C29H36N4O3. The van der Waals surface area contributed by atoms with Crippen LogP contribution < -0.4 is 10.6 Å². The SMILES string of the molecule is C=C/C=C\C=C1\C=C(C(=O)Nc2ccc(NC(=O)Cc3cc(C(C)(C)C)on3)cc2)N=CC1C.CC. The summed E-state index contributed by atoms with van der Waals surface area (Å²) in [7, 11) is 0. The highest BCUT2D eigenvalue weighted by Crippen LogP contribution is 2.23. The molecule has 3 rings (SSSR count). The van der Waals surface area contributed by atoms with Crippen molar-refractivity contribution in [2.75, 3.05) is 10.6 Å². The molecule has 2 heterocycles. The van der Waals surface area contributed by atoms with E-state index in [1.807, 2.05) is 59.8 Å². The molecule has 190 valence electrons. The molecule has 1 aromatic heterocycles. The minimum atomic E-state index is -0.306. The summed E-state index contributed by atoms with van der Waals surface area (Å²) < 4.78 is 5.32. The topological polar surface area (TPSA) is 96.6 Å². The molecule has 2 amide bonds. The highest BCUT2D eigenvalue weighted by Gasteiger charge is 2.20. The number of hydrogen-bond acceptors (Lipinski definition) is 5. The second-order valence-electron chi connectivity index (χ2n) is 9.07. The van der Waals surface area contributed by atoms with E-state index in [4.69, 9.17) is 4.52 Å². The van der Waals surface area contributed by atoms with Gasteiger partial charge in [-0.3, -0.25) is 14.6 Å². The summed E-state index contributed by atoms with van der Waals surface area (Å²) in [5.41, 5.74) is 2.94. The maximum absolute atomic E-state index is 12.6. The van der Waals surface area contributed by atoms with Gasteiger partial charge in [0.15, 0.2) is 0 Å². The monoisotopic (exact) mass is 488 g/mol. The van der Waals surface area contributed by atoms with Crippen LogP contribution in [0.25, 0.3) is 0 Å². The number of rotatable bonds is 7. The van der Waals surface area contributed by atoms with Gasteiger partial charge in [0.2, 0.25) is 5.91 Å². The molecule has 0 spiro atoms. The molecule has 0 radical (unpaired) electrons. The number of aliphatic imine (C=N–C) groups is 1. The van der Waals surface area contributed by atoms with Crippen molar-refractivity contribution in [2.24, 2.45) is 10.9 Å². The maximum Gasteiger partial charge on any atom is 0.274 e. The Morgan fingerprint density at radius 2 is 1.72 bits per heavy atom. The van der Waals surface area contributed by atoms with Gasteiger partial charge in [0.05, 0.1) is 12.1 Å². The van der Waals surface area contributed by atoms with Crippen LogP contribution >= 0.6 is 0 Å². The minimum Gasteiger partial charge on any atom is -0.361 e. The second kappa shape index (κ2) is 13.2. The maximum atomic E-state index is 12.6. The van der Waals surface area contributed by atoms with E-state index >= 15 is 0 Å². The molecule has 1 atom stereocenters. The molecule has 0 bridgehead atoms. The summed E-state index contributed by atoms with van der Waals surface area (Å²) in [6.45, 7) is 15.7. The second-order valence-corrected chi connectivity index (χ2v) is 9.07. The van der Waals surface area contributed by atoms with Gasteiger partial charge < -0.3 is 15.2 Å². The van der Waals surface area contributed by atoms with Crippen molar-refractivity contribution in [3.8, 4) is 0 Å². The summed E-state index contributed by atoms with van der Waals surface area (Å²) in [4.78, 5) is 29.3. The number of nitrogens with zero attached hydrogens (tertiary/aromatic N) is 2. The predicted octanol–water partition coefficient (Wildman–Crippen LogP) is 6.39. The fourth-order valence-corrected chi connectivity index (χ4v) is 3.12. The fourth-order valence-electron chi connectivity index (χ4n) is 3.12. The highest BCUT2D eigenvalue weighted by molar-refractivity contribution is 6.05. The standard InChI is InChI=1S/C27H30N4O3.C2H6/c1-6-7-8-9-19-14-23(28-17-18(19)2)26(33)30-21-12-10-20(11-13-21)29-25(32)16-22-15-24(34-31-22)27(3,4)5;1-2/h6-15,17-18H,1,16H2,2-5H3,(H,29,32)(H,30,33);1-2H3/b8-7-,19-9-;. The van der Waals surface area contributed by atoms with Gasteiger partial charge >= 0.3 is 0 Å². The molecule has 1 aliphatic heterocycles. The van der Waals surface area contributed by atoms with Crippen molar-refractivity contribution in [3.05, 3.63) is 90.0 Å². The Kier molecular flexibility index (Phi) is 10.3. The number of carbonyl (C=O) groups excluding carboxylic acids is 2. The van der Waals surface area contributed by atoms with Crippen LogP contribution in [0.2, 0.25) is 0 Å². The predicted molar refractivity (Wildman–Crippen MR) is 147 cm³/mol. The Morgan fingerprint density at radius 3 is 2.31 bits per heavy atom. The zero-order chi connectivity index (χ0) is 26.7. The number of anilines is 2. The van der Waals surface area contributed by atoms with Crippen LogP contribution in [0.4, 0.5) is 11.4 Å². The lowest BCUT2D eigenvalue weighted by molar-refractivity contribution is -0.115. The van der Waals surface area contributed by atoms with E-state index in [-0.39, 0.29) is 29.6 Å². The largest absolute Gasteiger partial charge is 0.361 e. The van der Waals surface area contributed by atoms with E-state index in [0.717, 1.165) is 11.3 Å². The Hall–Kier alpha value is -4.00. The van der Waals surface area contributed by atoms with Crippen LogP contribution in [0.3, 0.4) is 0 Å². The zero-order valence-electron chi connectivity index (χ0n) is 22.0. The molecule has 7 heteroatoms. The number of allylic oxidation sites excluding steroid dienone is 6. The van der Waals surface area contributed by atoms with E-state index in [1.54, 1.807) is 48.7 Å². The van der Waals surface area contributed by atoms with Crippen LogP contribution in [-0.2, 0) is 21.4 Å². The smallest absolute Gasteiger partial charge is 0.274 e. The van der Waals surface area contributed by atoms with E-state index in [9.17, 15) is 9.59 Å². The number of hydrogen-bond donors (Lipinski definition) is 2. The third-order valence-corrected chi connectivity index (χ3v) is 5.10. The first-order valence-corrected chi connectivity index (χ1v) is 12.1. The van der Waals surface area contributed by atoms with E-state index in [1.165, 1.54) is 0 Å².